The van der Waals surface area contributed by atoms with E-state index < -0.39 is 5.91 Å². The molecule has 0 bridgehead atoms. The van der Waals surface area contributed by atoms with E-state index in [2.05, 4.69) is 16.4 Å². The van der Waals surface area contributed by atoms with Crippen LogP contribution in [0, 0.1) is 0 Å². The monoisotopic (exact) mass is 240 g/mol. The van der Waals surface area contributed by atoms with Crippen LogP contribution in [0.1, 0.15) is 16.1 Å². The van der Waals surface area contributed by atoms with E-state index >= 15 is 0 Å². The van der Waals surface area contributed by atoms with Crippen molar-refractivity contribution in [2.24, 2.45) is 5.73 Å². The molecule has 5 nitrogen and oxygen atoms in total. The van der Waals surface area contributed by atoms with E-state index in [-0.39, 0.29) is 5.69 Å². The first kappa shape index (κ1) is 10.6. The van der Waals surface area contributed by atoms with Gasteiger partial charge >= 0.3 is 0 Å². The number of hydrogen-bond donors (Lipinski definition) is 2. The summed E-state index contributed by atoms with van der Waals surface area (Å²) in [6.07, 6.45) is 3.66. The second-order valence-corrected chi connectivity index (χ2v) is 4.01. The second-order valence-electron chi connectivity index (χ2n) is 4.01. The van der Waals surface area contributed by atoms with E-state index in [0.717, 1.165) is 11.3 Å². The molecule has 0 fully saturated rings. The fourth-order valence-electron chi connectivity index (χ4n) is 2.09. The van der Waals surface area contributed by atoms with E-state index in [1.54, 1.807) is 6.33 Å². The van der Waals surface area contributed by atoms with E-state index in [9.17, 15) is 4.79 Å². The summed E-state index contributed by atoms with van der Waals surface area (Å²) in [5.74, 6) is 0.134. The molecule has 1 aromatic heterocycles. The van der Waals surface area contributed by atoms with Crippen LogP contribution in [-0.2, 0) is 0 Å². The first-order chi connectivity index (χ1) is 8.77. The average molecular weight is 240 g/mol. The lowest BCUT2D eigenvalue weighted by Crippen LogP contribution is -2.19. The maximum atomic E-state index is 11.3. The standard InChI is InChI=1S/C13H12N4O/c14-12(18)11-13-15-7-6-10(17(13)8-16-11)9-4-2-1-3-5-9/h1-6,8,15H,7H2,(H2,14,18). The molecule has 2 heterocycles. The predicted molar refractivity (Wildman–Crippen MR) is 69.1 cm³/mol. The van der Waals surface area contributed by atoms with E-state index in [0.29, 0.717) is 12.4 Å². The number of aromatic nitrogens is 2. The van der Waals surface area contributed by atoms with Gasteiger partial charge in [-0.1, -0.05) is 30.3 Å². The predicted octanol–water partition coefficient (Wildman–Crippen LogP) is 1.30. The summed E-state index contributed by atoms with van der Waals surface area (Å²) in [4.78, 5) is 15.3. The number of primary amides is 1. The molecule has 5 heteroatoms. The summed E-state index contributed by atoms with van der Waals surface area (Å²) in [5, 5.41) is 3.12. The largest absolute Gasteiger partial charge is 0.366 e. The smallest absolute Gasteiger partial charge is 0.271 e. The van der Waals surface area contributed by atoms with Gasteiger partial charge in [-0.05, 0) is 11.6 Å². The molecule has 0 saturated carbocycles. The van der Waals surface area contributed by atoms with Crippen molar-refractivity contribution in [1.29, 1.82) is 0 Å². The Hall–Kier alpha value is -2.56. The van der Waals surface area contributed by atoms with Crippen LogP contribution < -0.4 is 11.1 Å². The van der Waals surface area contributed by atoms with Gasteiger partial charge in [-0.3, -0.25) is 9.36 Å². The van der Waals surface area contributed by atoms with Crippen molar-refractivity contribution in [3.05, 3.63) is 54.0 Å². The molecule has 0 spiro atoms. The molecule has 0 unspecified atom stereocenters. The van der Waals surface area contributed by atoms with Crippen molar-refractivity contribution in [1.82, 2.24) is 9.55 Å². The van der Waals surface area contributed by atoms with Crippen LogP contribution in [0.25, 0.3) is 5.70 Å². The van der Waals surface area contributed by atoms with Crippen molar-refractivity contribution >= 4 is 17.4 Å². The normalized spacial score (nSPS) is 13.4. The van der Waals surface area contributed by atoms with E-state index in [4.69, 9.17) is 5.73 Å². The lowest BCUT2D eigenvalue weighted by molar-refractivity contribution is 0.0997. The minimum absolute atomic E-state index is 0.275. The van der Waals surface area contributed by atoms with Crippen molar-refractivity contribution in [3.63, 3.8) is 0 Å². The van der Waals surface area contributed by atoms with Gasteiger partial charge < -0.3 is 11.1 Å². The zero-order valence-corrected chi connectivity index (χ0v) is 9.63. The third-order valence-electron chi connectivity index (χ3n) is 2.89. The second kappa shape index (κ2) is 4.03. The Morgan fingerprint density at radius 1 is 1.33 bits per heavy atom. The van der Waals surface area contributed by atoms with Gasteiger partial charge in [0.25, 0.3) is 5.91 Å². The first-order valence-corrected chi connectivity index (χ1v) is 5.64. The number of nitrogens with zero attached hydrogens (tertiary/aromatic N) is 2. The van der Waals surface area contributed by atoms with Gasteiger partial charge in [0.05, 0.1) is 5.70 Å². The van der Waals surface area contributed by atoms with Crippen LogP contribution in [0.2, 0.25) is 0 Å². The number of carbonyl (C=O) groups is 1. The third-order valence-corrected chi connectivity index (χ3v) is 2.89. The molecule has 0 saturated heterocycles. The number of hydrogen-bond acceptors (Lipinski definition) is 3. The van der Waals surface area contributed by atoms with Crippen LogP contribution >= 0.6 is 0 Å². The lowest BCUT2D eigenvalue weighted by atomic mass is 10.1. The van der Waals surface area contributed by atoms with Crippen LogP contribution in [-0.4, -0.2) is 22.0 Å². The summed E-state index contributed by atoms with van der Waals surface area (Å²) >= 11 is 0. The number of nitrogens with two attached hydrogens (primary N) is 1. The van der Waals surface area contributed by atoms with Crippen molar-refractivity contribution in [2.75, 3.05) is 11.9 Å². The van der Waals surface area contributed by atoms with Crippen LogP contribution in [0.5, 0.6) is 0 Å². The highest BCUT2D eigenvalue weighted by molar-refractivity contribution is 5.97. The number of fused-ring (bicyclic) bond motifs is 1. The Morgan fingerprint density at radius 3 is 2.83 bits per heavy atom. The maximum Gasteiger partial charge on any atom is 0.271 e. The molecule has 1 amide bonds. The highest BCUT2D eigenvalue weighted by Crippen LogP contribution is 2.26. The molecule has 1 aliphatic heterocycles. The fourth-order valence-corrected chi connectivity index (χ4v) is 2.09. The summed E-state index contributed by atoms with van der Waals surface area (Å²) in [5.41, 5.74) is 7.65. The minimum atomic E-state index is -0.523. The van der Waals surface area contributed by atoms with Crippen molar-refractivity contribution in [3.8, 4) is 0 Å². The fraction of sp³-hybridized carbons (Fsp3) is 0.0769. The molecule has 1 aromatic carbocycles. The average Bonchev–Trinajstić information content (AvgIpc) is 2.83. The van der Waals surface area contributed by atoms with Crippen LogP contribution in [0.3, 0.4) is 0 Å². The zero-order valence-electron chi connectivity index (χ0n) is 9.63. The number of amides is 1. The van der Waals surface area contributed by atoms with E-state index in [1.807, 2.05) is 34.9 Å². The van der Waals surface area contributed by atoms with Gasteiger partial charge in [0.1, 0.15) is 12.1 Å². The summed E-state index contributed by atoms with van der Waals surface area (Å²) in [6.45, 7) is 0.649. The number of anilines is 1. The molecule has 0 aliphatic carbocycles. The summed E-state index contributed by atoms with van der Waals surface area (Å²) in [6, 6.07) is 9.96. The zero-order chi connectivity index (χ0) is 12.5. The molecule has 3 N–H and O–H groups in total. The Morgan fingerprint density at radius 2 is 2.11 bits per heavy atom. The molecular formula is C13H12N4O. The Balaban J connectivity index is 2.11. The first-order valence-electron chi connectivity index (χ1n) is 5.64. The topological polar surface area (TPSA) is 72.9 Å². The van der Waals surface area contributed by atoms with Gasteiger partial charge in [-0.15, -0.1) is 0 Å². The highest BCUT2D eigenvalue weighted by Gasteiger charge is 2.20. The van der Waals surface area contributed by atoms with Gasteiger partial charge in [0.2, 0.25) is 0 Å². The molecule has 2 aromatic rings. The maximum absolute atomic E-state index is 11.3. The van der Waals surface area contributed by atoms with Crippen LogP contribution in [0.4, 0.5) is 5.82 Å². The third kappa shape index (κ3) is 1.57. The molecule has 3 rings (SSSR count). The van der Waals surface area contributed by atoms with Gasteiger partial charge in [0.15, 0.2) is 5.69 Å². The molecular weight excluding hydrogens is 228 g/mol. The molecule has 90 valence electrons. The van der Waals surface area contributed by atoms with Gasteiger partial charge in [0, 0.05) is 6.54 Å². The Labute approximate surface area is 104 Å². The van der Waals surface area contributed by atoms with Gasteiger partial charge in [-0.25, -0.2) is 4.98 Å². The molecule has 18 heavy (non-hydrogen) atoms. The number of benzene rings is 1. The number of nitrogens with one attached hydrogen (secondary N) is 1. The quantitative estimate of drug-likeness (QED) is 0.831. The molecule has 0 atom stereocenters. The molecule has 1 aliphatic rings. The van der Waals surface area contributed by atoms with Crippen molar-refractivity contribution in [2.45, 2.75) is 0 Å². The lowest BCUT2D eigenvalue weighted by Gasteiger charge is -2.19. The Kier molecular flexibility index (Phi) is 2.37. The van der Waals surface area contributed by atoms with Gasteiger partial charge in [-0.2, -0.15) is 0 Å². The van der Waals surface area contributed by atoms with E-state index in [1.165, 1.54) is 0 Å². The number of rotatable bonds is 2. The SMILES string of the molecule is NC(=O)c1ncn2c1NCC=C2c1ccccc1. The van der Waals surface area contributed by atoms with Crippen LogP contribution in [0.15, 0.2) is 42.7 Å². The number of carbonyl (C=O) groups excluding carboxylic acids is 1. The molecule has 0 radical (unpaired) electrons. The van der Waals surface area contributed by atoms with Crippen molar-refractivity contribution < 1.29 is 4.79 Å². The summed E-state index contributed by atoms with van der Waals surface area (Å²) < 4.78 is 1.85. The summed E-state index contributed by atoms with van der Waals surface area (Å²) in [7, 11) is 0. The number of imidazole rings is 1. The minimum Gasteiger partial charge on any atom is -0.366 e. The highest BCUT2D eigenvalue weighted by atomic mass is 16.1. The Bertz CT molecular complexity index is 628.